The maximum atomic E-state index is 2.62. The van der Waals surface area contributed by atoms with Gasteiger partial charge in [0.15, 0.2) is 0 Å². The van der Waals surface area contributed by atoms with Crippen molar-refractivity contribution in [2.45, 2.75) is 176 Å². The van der Waals surface area contributed by atoms with E-state index >= 15 is 0 Å². The quantitative estimate of drug-likeness (QED) is 0.227. The van der Waals surface area contributed by atoms with E-state index in [-0.39, 0.29) is 5.41 Å². The lowest BCUT2D eigenvalue weighted by atomic mass is 9.69. The highest BCUT2D eigenvalue weighted by Gasteiger charge is 2.31. The molecule has 0 heterocycles. The summed E-state index contributed by atoms with van der Waals surface area (Å²) < 4.78 is 0. The van der Waals surface area contributed by atoms with Crippen LogP contribution in [0.2, 0.25) is 0 Å². The molecule has 0 aromatic heterocycles. The molecule has 2 rings (SSSR count). The second kappa shape index (κ2) is 14.4. The molecule has 0 spiro atoms. The van der Waals surface area contributed by atoms with Crippen molar-refractivity contribution >= 4 is 0 Å². The smallest absolute Gasteiger partial charge is 0.0146 e. The first kappa shape index (κ1) is 33.6. The summed E-state index contributed by atoms with van der Waals surface area (Å²) in [5.74, 6) is 3.50. The van der Waals surface area contributed by atoms with E-state index in [1.54, 1.807) is 33.4 Å². The predicted molar refractivity (Wildman–Crippen MR) is 177 cm³/mol. The highest BCUT2D eigenvalue weighted by Crippen LogP contribution is 2.45. The van der Waals surface area contributed by atoms with E-state index in [9.17, 15) is 0 Å². The van der Waals surface area contributed by atoms with Gasteiger partial charge in [-0.25, -0.2) is 0 Å². The summed E-state index contributed by atoms with van der Waals surface area (Å²) in [5, 5.41) is 0. The molecule has 6 atom stereocenters. The first-order valence-electron chi connectivity index (χ1n) is 16.7. The topological polar surface area (TPSA) is 0 Å². The molecule has 39 heavy (non-hydrogen) atoms. The van der Waals surface area contributed by atoms with Crippen LogP contribution in [0.5, 0.6) is 0 Å². The van der Waals surface area contributed by atoms with Crippen molar-refractivity contribution < 1.29 is 0 Å². The van der Waals surface area contributed by atoms with Gasteiger partial charge < -0.3 is 0 Å². The van der Waals surface area contributed by atoms with Gasteiger partial charge in [0.05, 0.1) is 0 Å². The van der Waals surface area contributed by atoms with E-state index in [1.807, 2.05) is 0 Å². The van der Waals surface area contributed by atoms with Gasteiger partial charge in [-0.15, -0.1) is 0 Å². The van der Waals surface area contributed by atoms with E-state index in [4.69, 9.17) is 0 Å². The third kappa shape index (κ3) is 7.02. The molecular formula is C39H64. The van der Waals surface area contributed by atoms with Crippen molar-refractivity contribution in [3.63, 3.8) is 0 Å². The van der Waals surface area contributed by atoms with Gasteiger partial charge in [0, 0.05) is 5.41 Å². The van der Waals surface area contributed by atoms with Gasteiger partial charge in [-0.1, -0.05) is 121 Å². The molecule has 0 radical (unpaired) electrons. The van der Waals surface area contributed by atoms with Crippen LogP contribution in [0.4, 0.5) is 0 Å². The Morgan fingerprint density at radius 2 is 0.615 bits per heavy atom. The van der Waals surface area contributed by atoms with Crippen molar-refractivity contribution in [3.05, 3.63) is 68.8 Å². The second-order valence-corrected chi connectivity index (χ2v) is 13.6. The van der Waals surface area contributed by atoms with Gasteiger partial charge >= 0.3 is 0 Å². The van der Waals surface area contributed by atoms with Gasteiger partial charge in [0.1, 0.15) is 0 Å². The zero-order chi connectivity index (χ0) is 29.7. The summed E-state index contributed by atoms with van der Waals surface area (Å²) in [6.45, 7) is 33.8. The van der Waals surface area contributed by atoms with Crippen molar-refractivity contribution in [1.82, 2.24) is 0 Å². The number of benzene rings is 2. The Kier molecular flexibility index (Phi) is 12.4. The van der Waals surface area contributed by atoms with Crippen LogP contribution in [0.3, 0.4) is 0 Å². The minimum absolute atomic E-state index is 0.0587. The fourth-order valence-corrected chi connectivity index (χ4v) is 6.34. The molecule has 220 valence electrons. The lowest BCUT2D eigenvalue weighted by Crippen LogP contribution is -2.23. The van der Waals surface area contributed by atoms with Crippen LogP contribution in [0.1, 0.15) is 215 Å². The second-order valence-electron chi connectivity index (χ2n) is 13.6. The molecule has 0 heteroatoms. The van der Waals surface area contributed by atoms with E-state index in [1.165, 1.54) is 49.7 Å². The molecule has 6 unspecified atom stereocenters. The fraction of sp³-hybridized carbons (Fsp3) is 0.692. The summed E-state index contributed by atoms with van der Waals surface area (Å²) in [5.41, 5.74) is 12.7. The molecule has 2 aromatic carbocycles. The average molecular weight is 533 g/mol. The summed E-state index contributed by atoms with van der Waals surface area (Å²) in [6.07, 6.45) is 7.15. The summed E-state index contributed by atoms with van der Waals surface area (Å²) in [7, 11) is 0. The maximum Gasteiger partial charge on any atom is 0.0146 e. The summed E-state index contributed by atoms with van der Waals surface area (Å²) >= 11 is 0. The fourth-order valence-electron chi connectivity index (χ4n) is 6.34. The highest BCUT2D eigenvalue weighted by atomic mass is 14.4. The van der Waals surface area contributed by atoms with E-state index in [2.05, 4.69) is 121 Å². The normalized spacial score (nSPS) is 17.0. The molecule has 0 amide bonds. The van der Waals surface area contributed by atoms with E-state index in [0.29, 0.717) is 35.5 Å². The van der Waals surface area contributed by atoms with Crippen LogP contribution in [0, 0.1) is 0 Å². The molecule has 2 aromatic rings. The summed E-state index contributed by atoms with van der Waals surface area (Å²) in [4.78, 5) is 0. The molecule has 0 nitrogen and oxygen atoms in total. The number of hydrogen-bond donors (Lipinski definition) is 0. The maximum absolute atomic E-state index is 2.62. The lowest BCUT2D eigenvalue weighted by Gasteiger charge is -2.35. The Labute approximate surface area is 244 Å². The standard InChI is InChI=1S/C39H64/c1-15-25(7)33-21-31(22-34(26(8)16-2)37(33)29(11)19-5)39(13,14)32-23-35(27(9)17-3)38(30(12)20-6)36(24-32)28(10)18-4/h21-30H,15-20H2,1-14H3. The molecule has 0 aliphatic carbocycles. The monoisotopic (exact) mass is 533 g/mol. The minimum Gasteiger partial charge on any atom is -0.0648 e. The van der Waals surface area contributed by atoms with Gasteiger partial charge in [-0.05, 0) is 119 Å². The van der Waals surface area contributed by atoms with Crippen LogP contribution in [-0.4, -0.2) is 0 Å². The SMILES string of the molecule is CCC(C)c1cc(C(C)(C)c2cc(C(C)CC)c(C(C)CC)c(C(C)CC)c2)cc(C(C)CC)c1C(C)CC. The number of rotatable bonds is 14. The Morgan fingerprint density at radius 1 is 0.410 bits per heavy atom. The lowest BCUT2D eigenvalue weighted by molar-refractivity contribution is 0.600. The zero-order valence-electron chi connectivity index (χ0n) is 28.5. The Hall–Kier alpha value is -1.56. The Morgan fingerprint density at radius 3 is 0.795 bits per heavy atom. The van der Waals surface area contributed by atoms with Crippen molar-refractivity contribution in [1.29, 1.82) is 0 Å². The first-order chi connectivity index (χ1) is 18.3. The van der Waals surface area contributed by atoms with Crippen molar-refractivity contribution in [2.75, 3.05) is 0 Å². The summed E-state index contributed by atoms with van der Waals surface area (Å²) in [6, 6.07) is 10.5. The molecule has 0 bridgehead atoms. The molecule has 0 N–H and O–H groups in total. The zero-order valence-corrected chi connectivity index (χ0v) is 28.5. The highest BCUT2D eigenvalue weighted by molar-refractivity contribution is 5.53. The molecular weight excluding hydrogens is 468 g/mol. The predicted octanol–water partition coefficient (Wildman–Crippen LogP) is 13.1. The van der Waals surface area contributed by atoms with Crippen LogP contribution in [0.15, 0.2) is 24.3 Å². The first-order valence-corrected chi connectivity index (χ1v) is 16.7. The van der Waals surface area contributed by atoms with Gasteiger partial charge in [-0.3, -0.25) is 0 Å². The molecule has 0 aliphatic heterocycles. The molecule has 0 aliphatic rings. The Balaban J connectivity index is 2.98. The van der Waals surface area contributed by atoms with E-state index in [0.717, 1.165) is 0 Å². The van der Waals surface area contributed by atoms with E-state index < -0.39 is 0 Å². The molecule has 0 fully saturated rings. The van der Waals surface area contributed by atoms with Crippen molar-refractivity contribution in [2.24, 2.45) is 0 Å². The molecule has 0 saturated carbocycles. The largest absolute Gasteiger partial charge is 0.0648 e. The van der Waals surface area contributed by atoms with Crippen molar-refractivity contribution in [3.8, 4) is 0 Å². The third-order valence-electron chi connectivity index (χ3n) is 10.7. The van der Waals surface area contributed by atoms with Crippen LogP contribution in [-0.2, 0) is 5.41 Å². The van der Waals surface area contributed by atoms with Gasteiger partial charge in [-0.2, -0.15) is 0 Å². The minimum atomic E-state index is -0.0587. The van der Waals surface area contributed by atoms with Crippen LogP contribution >= 0.6 is 0 Å². The average Bonchev–Trinajstić information content (AvgIpc) is 2.96. The third-order valence-corrected chi connectivity index (χ3v) is 10.7. The van der Waals surface area contributed by atoms with Gasteiger partial charge in [0.2, 0.25) is 0 Å². The van der Waals surface area contributed by atoms with Gasteiger partial charge in [0.25, 0.3) is 0 Å². The van der Waals surface area contributed by atoms with Crippen LogP contribution in [0.25, 0.3) is 0 Å². The number of hydrogen-bond acceptors (Lipinski definition) is 0. The molecule has 0 saturated heterocycles. The Bertz CT molecular complexity index is 908. The van der Waals surface area contributed by atoms with Crippen LogP contribution < -0.4 is 0 Å².